The fraction of sp³-hybridized carbons (Fsp3) is 0.824. The minimum Gasteiger partial charge on any atom is -0.283 e. The van der Waals surface area contributed by atoms with Crippen LogP contribution in [0.2, 0.25) is 0 Å². The van der Waals surface area contributed by atoms with Crippen LogP contribution in [0, 0.1) is 6.92 Å². The lowest BCUT2D eigenvalue weighted by Gasteiger charge is -2.30. The third-order valence-electron chi connectivity index (χ3n) is 4.39. The zero-order valence-corrected chi connectivity index (χ0v) is 13.4. The van der Waals surface area contributed by atoms with Crippen molar-refractivity contribution in [2.45, 2.75) is 90.9 Å². The molecular weight excluding hydrogens is 232 g/mol. The Morgan fingerprint density at radius 2 is 1.58 bits per heavy atom. The van der Waals surface area contributed by atoms with Gasteiger partial charge in [0.25, 0.3) is 0 Å². The topological polar surface area (TPSA) is 28.7 Å². The molecule has 0 spiro atoms. The molecule has 0 amide bonds. The fourth-order valence-electron chi connectivity index (χ4n) is 3.06. The van der Waals surface area contributed by atoms with Gasteiger partial charge in [0.05, 0.1) is 6.20 Å². The van der Waals surface area contributed by atoms with E-state index in [1.807, 2.05) is 0 Å². The summed E-state index contributed by atoms with van der Waals surface area (Å²) in [5, 5.41) is 7.35. The molecule has 0 aliphatic carbocycles. The normalized spacial score (nSPS) is 14.5. The van der Waals surface area contributed by atoms with E-state index in [1.54, 1.807) is 0 Å². The molecule has 0 saturated heterocycles. The van der Waals surface area contributed by atoms with E-state index in [0.717, 1.165) is 0 Å². The van der Waals surface area contributed by atoms with Crippen LogP contribution in [0.5, 0.6) is 0 Å². The maximum absolute atomic E-state index is 4.24. The van der Waals surface area contributed by atoms with Gasteiger partial charge in [0, 0.05) is 5.69 Å². The van der Waals surface area contributed by atoms with Crippen LogP contribution in [0.1, 0.15) is 89.8 Å². The monoisotopic (exact) mass is 264 g/mol. The average molecular weight is 264 g/mol. The summed E-state index contributed by atoms with van der Waals surface area (Å²) in [7, 11) is 0. The number of aromatic nitrogens is 2. The number of H-pyrrole nitrogens is 1. The number of rotatable bonds is 10. The first-order valence-electron chi connectivity index (χ1n) is 8.14. The van der Waals surface area contributed by atoms with Gasteiger partial charge in [0.15, 0.2) is 0 Å². The highest BCUT2D eigenvalue weighted by atomic mass is 15.1. The van der Waals surface area contributed by atoms with E-state index in [1.165, 1.54) is 69.0 Å². The molecule has 19 heavy (non-hydrogen) atoms. The van der Waals surface area contributed by atoms with E-state index in [9.17, 15) is 0 Å². The highest BCUT2D eigenvalue weighted by Crippen LogP contribution is 2.36. The van der Waals surface area contributed by atoms with Crippen LogP contribution in [-0.2, 0) is 5.41 Å². The molecule has 1 heterocycles. The van der Waals surface area contributed by atoms with Gasteiger partial charge >= 0.3 is 0 Å². The van der Waals surface area contributed by atoms with E-state index in [0.29, 0.717) is 5.41 Å². The molecule has 0 aromatic carbocycles. The number of aryl methyl sites for hydroxylation is 1. The highest BCUT2D eigenvalue weighted by molar-refractivity contribution is 5.25. The maximum Gasteiger partial charge on any atom is 0.0527 e. The Hall–Kier alpha value is -0.790. The molecular formula is C17H32N2. The highest BCUT2D eigenvalue weighted by Gasteiger charge is 2.28. The van der Waals surface area contributed by atoms with Crippen molar-refractivity contribution in [3.8, 4) is 0 Å². The second-order valence-electron chi connectivity index (χ2n) is 6.24. The molecule has 2 nitrogen and oxygen atoms in total. The van der Waals surface area contributed by atoms with Crippen LogP contribution >= 0.6 is 0 Å². The molecule has 0 aliphatic rings. The Morgan fingerprint density at radius 1 is 1.00 bits per heavy atom. The zero-order chi connectivity index (χ0) is 14.1. The fourth-order valence-corrected chi connectivity index (χ4v) is 3.06. The predicted molar refractivity (Wildman–Crippen MR) is 83.6 cm³/mol. The molecule has 0 radical (unpaired) electrons. The van der Waals surface area contributed by atoms with Crippen LogP contribution in [0.15, 0.2) is 6.20 Å². The smallest absolute Gasteiger partial charge is 0.0527 e. The van der Waals surface area contributed by atoms with Gasteiger partial charge in [-0.3, -0.25) is 5.10 Å². The Kier molecular flexibility index (Phi) is 7.19. The summed E-state index contributed by atoms with van der Waals surface area (Å²) in [5.41, 5.74) is 3.02. The van der Waals surface area contributed by atoms with Crippen LogP contribution in [-0.4, -0.2) is 10.2 Å². The van der Waals surface area contributed by atoms with Gasteiger partial charge in [0.2, 0.25) is 0 Å². The zero-order valence-electron chi connectivity index (χ0n) is 13.4. The number of unbranched alkanes of at least 4 members (excludes halogenated alkanes) is 5. The lowest BCUT2D eigenvalue weighted by molar-refractivity contribution is 0.364. The van der Waals surface area contributed by atoms with E-state index in [-0.39, 0.29) is 0 Å². The first kappa shape index (κ1) is 16.3. The van der Waals surface area contributed by atoms with E-state index in [4.69, 9.17) is 0 Å². The molecule has 1 atom stereocenters. The summed E-state index contributed by atoms with van der Waals surface area (Å²) in [4.78, 5) is 0. The molecule has 2 heteroatoms. The summed E-state index contributed by atoms with van der Waals surface area (Å²) in [6, 6.07) is 0. The molecule has 1 N–H and O–H groups in total. The van der Waals surface area contributed by atoms with Gasteiger partial charge in [-0.05, 0) is 30.7 Å². The van der Waals surface area contributed by atoms with Crippen LogP contribution in [0.25, 0.3) is 0 Å². The average Bonchev–Trinajstić information content (AvgIpc) is 2.82. The van der Waals surface area contributed by atoms with Crippen molar-refractivity contribution in [2.24, 2.45) is 0 Å². The van der Waals surface area contributed by atoms with Crippen molar-refractivity contribution < 1.29 is 0 Å². The molecule has 0 bridgehead atoms. The molecule has 1 aromatic heterocycles. The van der Waals surface area contributed by atoms with Crippen molar-refractivity contribution in [1.82, 2.24) is 10.2 Å². The van der Waals surface area contributed by atoms with Crippen LogP contribution in [0.4, 0.5) is 0 Å². The van der Waals surface area contributed by atoms with Gasteiger partial charge in [-0.25, -0.2) is 0 Å². The lowest BCUT2D eigenvalue weighted by Crippen LogP contribution is -2.22. The number of hydrogen-bond acceptors (Lipinski definition) is 1. The standard InChI is InChI=1S/C17H32N2/c1-5-7-9-11-13-17(4,12-10-8-6-2)16-14-18-19-15(16)3/h14H,5-13H2,1-4H3,(H,18,19). The van der Waals surface area contributed by atoms with Crippen LogP contribution < -0.4 is 0 Å². The Bertz CT molecular complexity index is 343. The number of hydrogen-bond donors (Lipinski definition) is 1. The SMILES string of the molecule is CCCCCCC(C)(CCCCC)c1cn[nH]c1C. The maximum atomic E-state index is 4.24. The first-order valence-corrected chi connectivity index (χ1v) is 8.14. The Balaban J connectivity index is 2.64. The summed E-state index contributed by atoms with van der Waals surface area (Å²) in [6.07, 6.45) is 14.1. The van der Waals surface area contributed by atoms with Gasteiger partial charge in [-0.2, -0.15) is 5.10 Å². The number of aromatic amines is 1. The van der Waals surface area contributed by atoms with E-state index >= 15 is 0 Å². The molecule has 110 valence electrons. The molecule has 0 aliphatic heterocycles. The summed E-state index contributed by atoms with van der Waals surface area (Å²) in [6.45, 7) is 9.15. The van der Waals surface area contributed by atoms with Gasteiger partial charge in [-0.1, -0.05) is 65.7 Å². The van der Waals surface area contributed by atoms with Crippen molar-refractivity contribution in [2.75, 3.05) is 0 Å². The predicted octanol–water partition coefficient (Wildman–Crippen LogP) is 5.53. The van der Waals surface area contributed by atoms with Crippen molar-refractivity contribution >= 4 is 0 Å². The molecule has 1 aromatic rings. The number of nitrogens with one attached hydrogen (secondary N) is 1. The largest absolute Gasteiger partial charge is 0.283 e. The lowest BCUT2D eigenvalue weighted by atomic mass is 9.74. The molecule has 1 unspecified atom stereocenters. The van der Waals surface area contributed by atoms with Gasteiger partial charge in [-0.15, -0.1) is 0 Å². The summed E-state index contributed by atoms with van der Waals surface area (Å²) < 4.78 is 0. The van der Waals surface area contributed by atoms with Crippen LogP contribution in [0.3, 0.4) is 0 Å². The minimum atomic E-state index is 0.319. The van der Waals surface area contributed by atoms with E-state index < -0.39 is 0 Å². The summed E-state index contributed by atoms with van der Waals surface area (Å²) in [5.74, 6) is 0. The summed E-state index contributed by atoms with van der Waals surface area (Å²) >= 11 is 0. The third-order valence-corrected chi connectivity index (χ3v) is 4.39. The second kappa shape index (κ2) is 8.39. The molecule has 1 rings (SSSR count). The third kappa shape index (κ3) is 5.00. The first-order chi connectivity index (χ1) is 9.14. The van der Waals surface area contributed by atoms with Crippen molar-refractivity contribution in [3.63, 3.8) is 0 Å². The molecule has 0 fully saturated rings. The molecule has 0 saturated carbocycles. The Morgan fingerprint density at radius 3 is 2.11 bits per heavy atom. The van der Waals surface area contributed by atoms with Gasteiger partial charge in [0.1, 0.15) is 0 Å². The second-order valence-corrected chi connectivity index (χ2v) is 6.24. The van der Waals surface area contributed by atoms with Crippen molar-refractivity contribution in [3.05, 3.63) is 17.5 Å². The van der Waals surface area contributed by atoms with E-state index in [2.05, 4.69) is 44.1 Å². The quantitative estimate of drug-likeness (QED) is 0.553. The van der Waals surface area contributed by atoms with Gasteiger partial charge < -0.3 is 0 Å². The Labute approximate surface area is 119 Å². The van der Waals surface area contributed by atoms with Crippen molar-refractivity contribution in [1.29, 1.82) is 0 Å². The number of nitrogens with zero attached hydrogens (tertiary/aromatic N) is 1. The minimum absolute atomic E-state index is 0.319.